The molecule has 2 saturated heterocycles. The fourth-order valence-electron chi connectivity index (χ4n) is 5.49. The van der Waals surface area contributed by atoms with Gasteiger partial charge in [-0.2, -0.15) is 9.97 Å². The number of hydrogen-bond donors (Lipinski definition) is 1. The Bertz CT molecular complexity index is 1190. The standard InChI is InChI=1S/C24H25BrClN5O/c1-32-24-28-20-13-30(21-8-7-18(25)16-3-2-4-19(26)22(16)21)10-9-17(20)23(29-24)31-11-14-5-6-15(12-31)27-14/h2-4,7-8,14-15,27H,5-6,9-13H2,1H3. The van der Waals surface area contributed by atoms with Crippen molar-refractivity contribution in [3.05, 3.63) is 51.1 Å². The summed E-state index contributed by atoms with van der Waals surface area (Å²) in [6.07, 6.45) is 3.39. The fraction of sp³-hybridized carbons (Fsp3) is 0.417. The van der Waals surface area contributed by atoms with Crippen LogP contribution in [0.1, 0.15) is 24.1 Å². The number of rotatable bonds is 3. The summed E-state index contributed by atoms with van der Waals surface area (Å²) in [6, 6.07) is 11.9. The third kappa shape index (κ3) is 3.42. The molecule has 6 nitrogen and oxygen atoms in total. The highest BCUT2D eigenvalue weighted by molar-refractivity contribution is 9.10. The van der Waals surface area contributed by atoms with E-state index in [2.05, 4.69) is 49.2 Å². The minimum atomic E-state index is 0.449. The molecule has 1 aromatic heterocycles. The number of nitrogens with zero attached hydrogens (tertiary/aromatic N) is 4. The molecular weight excluding hydrogens is 490 g/mol. The van der Waals surface area contributed by atoms with Crippen molar-refractivity contribution >= 4 is 49.8 Å². The average Bonchev–Trinajstić information content (AvgIpc) is 3.16. The number of halogens is 2. The molecule has 0 aliphatic carbocycles. The molecule has 3 aliphatic heterocycles. The monoisotopic (exact) mass is 513 g/mol. The molecule has 2 fully saturated rings. The zero-order valence-corrected chi connectivity index (χ0v) is 20.3. The maximum atomic E-state index is 6.66. The molecule has 8 heteroatoms. The van der Waals surface area contributed by atoms with Gasteiger partial charge < -0.3 is 19.9 Å². The Morgan fingerprint density at radius 1 is 1.09 bits per heavy atom. The van der Waals surface area contributed by atoms with Gasteiger partial charge in [-0.15, -0.1) is 0 Å². The molecule has 0 radical (unpaired) electrons. The molecule has 166 valence electrons. The first-order valence-electron chi connectivity index (χ1n) is 11.2. The number of ether oxygens (including phenoxy) is 1. The molecule has 4 heterocycles. The Kier molecular flexibility index (Phi) is 5.16. The van der Waals surface area contributed by atoms with E-state index in [1.807, 2.05) is 12.1 Å². The first kappa shape index (κ1) is 20.5. The highest BCUT2D eigenvalue weighted by Crippen LogP contribution is 2.40. The van der Waals surface area contributed by atoms with Crippen molar-refractivity contribution < 1.29 is 4.74 Å². The Labute approximate surface area is 201 Å². The molecule has 1 N–H and O–H groups in total. The Morgan fingerprint density at radius 3 is 2.69 bits per heavy atom. The Balaban J connectivity index is 1.39. The molecule has 3 aliphatic rings. The molecule has 0 spiro atoms. The normalized spacial score (nSPS) is 22.3. The fourth-order valence-corrected chi connectivity index (χ4v) is 6.22. The van der Waals surface area contributed by atoms with Gasteiger partial charge in [0.1, 0.15) is 5.82 Å². The second-order valence-electron chi connectivity index (χ2n) is 8.90. The molecule has 2 bridgehead atoms. The highest BCUT2D eigenvalue weighted by Gasteiger charge is 2.35. The summed E-state index contributed by atoms with van der Waals surface area (Å²) < 4.78 is 6.57. The van der Waals surface area contributed by atoms with Gasteiger partial charge in [-0.05, 0) is 42.8 Å². The number of anilines is 2. The molecule has 32 heavy (non-hydrogen) atoms. The summed E-state index contributed by atoms with van der Waals surface area (Å²) >= 11 is 10.3. The van der Waals surface area contributed by atoms with E-state index >= 15 is 0 Å². The third-order valence-corrected chi connectivity index (χ3v) is 7.98. The first-order valence-corrected chi connectivity index (χ1v) is 12.3. The van der Waals surface area contributed by atoms with E-state index in [9.17, 15) is 0 Å². The van der Waals surface area contributed by atoms with Crippen LogP contribution in [-0.2, 0) is 13.0 Å². The highest BCUT2D eigenvalue weighted by atomic mass is 79.9. The van der Waals surface area contributed by atoms with Crippen LogP contribution in [-0.4, -0.2) is 48.8 Å². The van der Waals surface area contributed by atoms with Crippen LogP contribution < -0.4 is 19.9 Å². The van der Waals surface area contributed by atoms with Crippen molar-refractivity contribution in [1.29, 1.82) is 0 Å². The van der Waals surface area contributed by atoms with Gasteiger partial charge in [-0.3, -0.25) is 0 Å². The predicted octanol–water partition coefficient (Wildman–Crippen LogP) is 4.56. The van der Waals surface area contributed by atoms with Gasteiger partial charge in [0.25, 0.3) is 0 Å². The number of hydrogen-bond acceptors (Lipinski definition) is 6. The van der Waals surface area contributed by atoms with Crippen LogP contribution >= 0.6 is 27.5 Å². The molecule has 3 aromatic rings. The molecule has 2 unspecified atom stereocenters. The summed E-state index contributed by atoms with van der Waals surface area (Å²) in [4.78, 5) is 14.4. The maximum Gasteiger partial charge on any atom is 0.318 e. The van der Waals surface area contributed by atoms with Gasteiger partial charge in [-0.1, -0.05) is 39.7 Å². The minimum Gasteiger partial charge on any atom is -0.467 e. The van der Waals surface area contributed by atoms with Crippen molar-refractivity contribution in [2.75, 3.05) is 36.5 Å². The summed E-state index contributed by atoms with van der Waals surface area (Å²) in [5, 5.41) is 6.68. The van der Waals surface area contributed by atoms with E-state index in [0.717, 1.165) is 63.5 Å². The average molecular weight is 515 g/mol. The van der Waals surface area contributed by atoms with Gasteiger partial charge in [0.2, 0.25) is 0 Å². The lowest BCUT2D eigenvalue weighted by Crippen LogP contribution is -2.52. The van der Waals surface area contributed by atoms with Crippen molar-refractivity contribution in [2.45, 2.75) is 37.9 Å². The number of nitrogens with one attached hydrogen (secondary N) is 1. The van der Waals surface area contributed by atoms with E-state index in [4.69, 9.17) is 26.3 Å². The van der Waals surface area contributed by atoms with Crippen LogP contribution in [0.2, 0.25) is 5.02 Å². The topological polar surface area (TPSA) is 53.5 Å². The Hall–Kier alpha value is -2.09. The number of piperazine rings is 1. The van der Waals surface area contributed by atoms with Crippen LogP contribution in [0, 0.1) is 0 Å². The second kappa shape index (κ2) is 8.04. The van der Waals surface area contributed by atoms with Crippen molar-refractivity contribution in [3.8, 4) is 6.01 Å². The maximum absolute atomic E-state index is 6.66. The summed E-state index contributed by atoms with van der Waals surface area (Å²) in [5.41, 5.74) is 3.45. The van der Waals surface area contributed by atoms with Gasteiger partial charge in [-0.25, -0.2) is 0 Å². The van der Waals surface area contributed by atoms with E-state index in [0.29, 0.717) is 24.6 Å². The van der Waals surface area contributed by atoms with Gasteiger partial charge >= 0.3 is 6.01 Å². The summed E-state index contributed by atoms with van der Waals surface area (Å²) in [7, 11) is 1.65. The molecule has 0 amide bonds. The van der Waals surface area contributed by atoms with E-state index in [1.165, 1.54) is 18.4 Å². The van der Waals surface area contributed by atoms with Gasteiger partial charge in [0, 0.05) is 52.8 Å². The lowest BCUT2D eigenvalue weighted by Gasteiger charge is -2.37. The van der Waals surface area contributed by atoms with Crippen molar-refractivity contribution in [1.82, 2.24) is 15.3 Å². The van der Waals surface area contributed by atoms with E-state index in [-0.39, 0.29) is 0 Å². The van der Waals surface area contributed by atoms with Gasteiger partial charge in [0.05, 0.1) is 24.4 Å². The SMILES string of the molecule is COc1nc2c(c(N3CC4CCC(C3)N4)n1)CCN(c1ccc(Br)c3cccc(Cl)c13)C2. The third-order valence-electron chi connectivity index (χ3n) is 6.98. The molecule has 2 atom stereocenters. The van der Waals surface area contributed by atoms with E-state index < -0.39 is 0 Å². The minimum absolute atomic E-state index is 0.449. The number of benzene rings is 2. The Morgan fingerprint density at radius 2 is 1.91 bits per heavy atom. The van der Waals surface area contributed by atoms with Crippen LogP contribution in [0.4, 0.5) is 11.5 Å². The lowest BCUT2D eigenvalue weighted by atomic mass is 10.0. The quantitative estimate of drug-likeness (QED) is 0.553. The van der Waals surface area contributed by atoms with Crippen LogP contribution in [0.15, 0.2) is 34.8 Å². The van der Waals surface area contributed by atoms with Crippen molar-refractivity contribution in [2.24, 2.45) is 0 Å². The van der Waals surface area contributed by atoms with E-state index in [1.54, 1.807) is 7.11 Å². The van der Waals surface area contributed by atoms with Crippen molar-refractivity contribution in [3.63, 3.8) is 0 Å². The zero-order valence-electron chi connectivity index (χ0n) is 17.9. The first-order chi connectivity index (χ1) is 15.6. The predicted molar refractivity (Wildman–Crippen MR) is 132 cm³/mol. The number of fused-ring (bicyclic) bond motifs is 4. The van der Waals surface area contributed by atoms with Crippen LogP contribution in [0.25, 0.3) is 10.8 Å². The van der Waals surface area contributed by atoms with Crippen LogP contribution in [0.3, 0.4) is 0 Å². The summed E-state index contributed by atoms with van der Waals surface area (Å²) in [5.74, 6) is 1.06. The second-order valence-corrected chi connectivity index (χ2v) is 10.2. The number of aromatic nitrogens is 2. The largest absolute Gasteiger partial charge is 0.467 e. The molecule has 0 saturated carbocycles. The molecule has 2 aromatic carbocycles. The van der Waals surface area contributed by atoms with Gasteiger partial charge in [0.15, 0.2) is 0 Å². The zero-order chi connectivity index (χ0) is 21.8. The lowest BCUT2D eigenvalue weighted by molar-refractivity contribution is 0.374. The molecule has 6 rings (SSSR count). The number of methoxy groups -OCH3 is 1. The molecular formula is C24H25BrClN5O. The smallest absolute Gasteiger partial charge is 0.318 e. The van der Waals surface area contributed by atoms with Crippen LogP contribution in [0.5, 0.6) is 6.01 Å². The summed E-state index contributed by atoms with van der Waals surface area (Å²) in [6.45, 7) is 3.61.